The molecule has 0 atom stereocenters. The molecule has 66 valence electrons. The van der Waals surface area contributed by atoms with Crippen molar-refractivity contribution in [3.63, 3.8) is 0 Å². The molecule has 0 radical (unpaired) electrons. The van der Waals surface area contributed by atoms with E-state index < -0.39 is 0 Å². The standard InChI is InChI=1S/C9H12S3/c1-10-7-4-5-8(11-2)9(6-7)12-3/h4-6H,1-3H3. The molecule has 0 nitrogen and oxygen atoms in total. The number of thioether (sulfide) groups is 3. The predicted molar refractivity (Wildman–Crippen MR) is 61.8 cm³/mol. The molecule has 1 rings (SSSR count). The van der Waals surface area contributed by atoms with Gasteiger partial charge in [0.25, 0.3) is 0 Å². The molecule has 12 heavy (non-hydrogen) atoms. The third-order valence-corrected chi connectivity index (χ3v) is 4.02. The van der Waals surface area contributed by atoms with Gasteiger partial charge in [-0.05, 0) is 37.0 Å². The van der Waals surface area contributed by atoms with Gasteiger partial charge < -0.3 is 0 Å². The van der Waals surface area contributed by atoms with Gasteiger partial charge in [-0.3, -0.25) is 0 Å². The van der Waals surface area contributed by atoms with Crippen LogP contribution in [-0.4, -0.2) is 18.8 Å². The molecule has 0 saturated carbocycles. The fourth-order valence-corrected chi connectivity index (χ4v) is 2.94. The second kappa shape index (κ2) is 5.10. The third kappa shape index (κ3) is 2.38. The fraction of sp³-hybridized carbons (Fsp3) is 0.333. The van der Waals surface area contributed by atoms with Crippen LogP contribution in [0.1, 0.15) is 0 Å². The molecule has 0 N–H and O–H groups in total. The molecule has 0 aromatic heterocycles. The van der Waals surface area contributed by atoms with Crippen LogP contribution in [0.15, 0.2) is 32.9 Å². The van der Waals surface area contributed by atoms with Crippen molar-refractivity contribution in [3.8, 4) is 0 Å². The Morgan fingerprint density at radius 2 is 1.50 bits per heavy atom. The first kappa shape index (κ1) is 10.4. The topological polar surface area (TPSA) is 0 Å². The number of hydrogen-bond donors (Lipinski definition) is 0. The minimum Gasteiger partial charge on any atom is -0.130 e. The van der Waals surface area contributed by atoms with E-state index in [1.165, 1.54) is 14.7 Å². The zero-order valence-corrected chi connectivity index (χ0v) is 9.91. The molecule has 0 unspecified atom stereocenters. The molecule has 0 saturated heterocycles. The van der Waals surface area contributed by atoms with Crippen molar-refractivity contribution in [2.45, 2.75) is 14.7 Å². The van der Waals surface area contributed by atoms with Crippen molar-refractivity contribution in [1.82, 2.24) is 0 Å². The second-order valence-electron chi connectivity index (χ2n) is 2.22. The van der Waals surface area contributed by atoms with Crippen LogP contribution in [0.3, 0.4) is 0 Å². The monoisotopic (exact) mass is 216 g/mol. The zero-order chi connectivity index (χ0) is 8.97. The van der Waals surface area contributed by atoms with E-state index in [-0.39, 0.29) is 0 Å². The first-order valence-corrected chi connectivity index (χ1v) is 7.25. The van der Waals surface area contributed by atoms with Crippen molar-refractivity contribution in [3.05, 3.63) is 18.2 Å². The minimum absolute atomic E-state index is 1.34. The number of benzene rings is 1. The van der Waals surface area contributed by atoms with E-state index in [1.807, 2.05) is 23.5 Å². The molecular weight excluding hydrogens is 204 g/mol. The number of hydrogen-bond acceptors (Lipinski definition) is 3. The summed E-state index contributed by atoms with van der Waals surface area (Å²) in [5.74, 6) is 0. The molecule has 0 heterocycles. The summed E-state index contributed by atoms with van der Waals surface area (Å²) in [5, 5.41) is 0. The maximum atomic E-state index is 2.25. The average Bonchev–Trinajstić information content (AvgIpc) is 2.16. The van der Waals surface area contributed by atoms with E-state index in [9.17, 15) is 0 Å². The quantitative estimate of drug-likeness (QED) is 0.704. The SMILES string of the molecule is CSc1ccc(SC)c(SC)c1. The molecule has 0 aliphatic heterocycles. The molecule has 0 aliphatic carbocycles. The molecule has 1 aromatic carbocycles. The maximum Gasteiger partial charge on any atom is 0.0216 e. The molecule has 0 bridgehead atoms. The van der Waals surface area contributed by atoms with Crippen LogP contribution >= 0.6 is 35.3 Å². The van der Waals surface area contributed by atoms with Gasteiger partial charge in [-0.15, -0.1) is 35.3 Å². The summed E-state index contributed by atoms with van der Waals surface area (Å²) in [6.45, 7) is 0. The van der Waals surface area contributed by atoms with E-state index in [1.54, 1.807) is 11.8 Å². The largest absolute Gasteiger partial charge is 0.130 e. The number of rotatable bonds is 3. The first-order valence-electron chi connectivity index (χ1n) is 3.58. The lowest BCUT2D eigenvalue weighted by molar-refractivity contribution is 1.19. The molecule has 0 fully saturated rings. The smallest absolute Gasteiger partial charge is 0.0216 e. The normalized spacial score (nSPS) is 10.2. The summed E-state index contributed by atoms with van der Waals surface area (Å²) in [6, 6.07) is 6.62. The predicted octanol–water partition coefficient (Wildman–Crippen LogP) is 3.85. The van der Waals surface area contributed by atoms with Crippen molar-refractivity contribution >= 4 is 35.3 Å². The van der Waals surface area contributed by atoms with E-state index >= 15 is 0 Å². The van der Waals surface area contributed by atoms with Crippen LogP contribution < -0.4 is 0 Å². The Morgan fingerprint density at radius 1 is 0.833 bits per heavy atom. The third-order valence-electron chi connectivity index (χ3n) is 1.59. The molecule has 0 spiro atoms. The second-order valence-corrected chi connectivity index (χ2v) is 4.80. The highest BCUT2D eigenvalue weighted by molar-refractivity contribution is 8.01. The zero-order valence-electron chi connectivity index (χ0n) is 7.46. The van der Waals surface area contributed by atoms with Gasteiger partial charge in [0.2, 0.25) is 0 Å². The van der Waals surface area contributed by atoms with Gasteiger partial charge in [0.1, 0.15) is 0 Å². The molecular formula is C9H12S3. The van der Waals surface area contributed by atoms with Gasteiger partial charge in [-0.2, -0.15) is 0 Å². The molecule has 3 heteroatoms. The fourth-order valence-electron chi connectivity index (χ4n) is 0.944. The Balaban J connectivity index is 3.02. The van der Waals surface area contributed by atoms with Crippen LogP contribution in [0, 0.1) is 0 Å². The highest BCUT2D eigenvalue weighted by Gasteiger charge is 2.00. The van der Waals surface area contributed by atoms with Crippen molar-refractivity contribution in [2.24, 2.45) is 0 Å². The van der Waals surface area contributed by atoms with Crippen molar-refractivity contribution < 1.29 is 0 Å². The van der Waals surface area contributed by atoms with Gasteiger partial charge >= 0.3 is 0 Å². The summed E-state index contributed by atoms with van der Waals surface area (Å²) < 4.78 is 0. The summed E-state index contributed by atoms with van der Waals surface area (Å²) in [6.07, 6.45) is 6.35. The van der Waals surface area contributed by atoms with Crippen molar-refractivity contribution in [2.75, 3.05) is 18.8 Å². The maximum absolute atomic E-state index is 2.25. The van der Waals surface area contributed by atoms with E-state index in [4.69, 9.17) is 0 Å². The Hall–Kier alpha value is 0.270. The summed E-state index contributed by atoms with van der Waals surface area (Å²) in [5.41, 5.74) is 0. The van der Waals surface area contributed by atoms with Crippen LogP contribution in [0.25, 0.3) is 0 Å². The van der Waals surface area contributed by atoms with Crippen LogP contribution in [0.4, 0.5) is 0 Å². The summed E-state index contributed by atoms with van der Waals surface area (Å²) >= 11 is 5.42. The van der Waals surface area contributed by atoms with Crippen molar-refractivity contribution in [1.29, 1.82) is 0 Å². The lowest BCUT2D eigenvalue weighted by Crippen LogP contribution is -1.78. The Labute approximate surface area is 86.9 Å². The Morgan fingerprint density at radius 3 is 2.00 bits per heavy atom. The van der Waals surface area contributed by atoms with Gasteiger partial charge in [0, 0.05) is 14.7 Å². The molecule has 0 amide bonds. The van der Waals surface area contributed by atoms with Crippen LogP contribution in [-0.2, 0) is 0 Å². The van der Waals surface area contributed by atoms with Crippen LogP contribution in [0.5, 0.6) is 0 Å². The lowest BCUT2D eigenvalue weighted by Gasteiger charge is -2.05. The highest BCUT2D eigenvalue weighted by atomic mass is 32.2. The Bertz CT molecular complexity index is 258. The van der Waals surface area contributed by atoms with E-state index in [0.29, 0.717) is 0 Å². The molecule has 0 aliphatic rings. The summed E-state index contributed by atoms with van der Waals surface area (Å²) in [7, 11) is 0. The van der Waals surface area contributed by atoms with Gasteiger partial charge in [-0.1, -0.05) is 0 Å². The van der Waals surface area contributed by atoms with E-state index in [2.05, 4.69) is 37.0 Å². The Kier molecular flexibility index (Phi) is 4.40. The van der Waals surface area contributed by atoms with Gasteiger partial charge in [-0.25, -0.2) is 0 Å². The minimum atomic E-state index is 1.34. The average molecular weight is 216 g/mol. The van der Waals surface area contributed by atoms with Crippen LogP contribution in [0.2, 0.25) is 0 Å². The van der Waals surface area contributed by atoms with E-state index in [0.717, 1.165) is 0 Å². The first-order chi connectivity index (χ1) is 5.81. The highest BCUT2D eigenvalue weighted by Crippen LogP contribution is 2.31. The van der Waals surface area contributed by atoms with Gasteiger partial charge in [0.05, 0.1) is 0 Å². The molecule has 1 aromatic rings. The lowest BCUT2D eigenvalue weighted by atomic mass is 10.4. The van der Waals surface area contributed by atoms with Gasteiger partial charge in [0.15, 0.2) is 0 Å². The summed E-state index contributed by atoms with van der Waals surface area (Å²) in [4.78, 5) is 4.10.